The maximum atomic E-state index is 14.5. The first kappa shape index (κ1) is 28.9. The van der Waals surface area contributed by atoms with Crippen LogP contribution in [0.5, 0.6) is 0 Å². The van der Waals surface area contributed by atoms with Crippen LogP contribution in [-0.2, 0) is 21.4 Å². The Labute approximate surface area is 214 Å². The van der Waals surface area contributed by atoms with Crippen LogP contribution in [0.4, 0.5) is 22.0 Å². The van der Waals surface area contributed by atoms with Gasteiger partial charge in [-0.3, -0.25) is 0 Å². The number of halogens is 5. The molecule has 2 aromatic carbocycles. The summed E-state index contributed by atoms with van der Waals surface area (Å²) in [5.41, 5.74) is -5.63. The molecule has 38 heavy (non-hydrogen) atoms. The average Bonchev–Trinajstić information content (AvgIpc) is 2.84. The van der Waals surface area contributed by atoms with Gasteiger partial charge in [-0.2, -0.15) is 4.89 Å². The topological polar surface area (TPSA) is 108 Å². The first-order chi connectivity index (χ1) is 17.7. The second-order valence-electron chi connectivity index (χ2n) is 8.63. The number of carboxylic acid groups (broad SMARTS) is 1. The quantitative estimate of drug-likeness (QED) is 0.163. The predicted molar refractivity (Wildman–Crippen MR) is 126 cm³/mol. The zero-order chi connectivity index (χ0) is 28.4. The summed E-state index contributed by atoms with van der Waals surface area (Å²) >= 11 is 0. The van der Waals surface area contributed by atoms with Crippen LogP contribution in [-0.4, -0.2) is 31.2 Å². The molecule has 198 valence electrons. The van der Waals surface area contributed by atoms with E-state index in [-0.39, 0.29) is 11.6 Å². The molecule has 0 aliphatic heterocycles. The lowest BCUT2D eigenvalue weighted by Crippen LogP contribution is -2.56. The van der Waals surface area contributed by atoms with E-state index in [2.05, 4.69) is 16.8 Å². The molecule has 3 N–H and O–H groups in total. The Morgan fingerprint density at radius 1 is 1.03 bits per heavy atom. The van der Waals surface area contributed by atoms with Gasteiger partial charge in [-0.1, -0.05) is 38.0 Å². The number of aliphatic hydroxyl groups is 1. The number of hydrogen-bond acceptors (Lipinski definition) is 4. The van der Waals surface area contributed by atoms with E-state index in [1.165, 1.54) is 12.1 Å². The van der Waals surface area contributed by atoms with Gasteiger partial charge < -0.3 is 10.2 Å². The van der Waals surface area contributed by atoms with Gasteiger partial charge in [0.2, 0.25) is 0 Å². The van der Waals surface area contributed by atoms with Gasteiger partial charge in [0.1, 0.15) is 5.82 Å². The van der Waals surface area contributed by atoms with Crippen molar-refractivity contribution in [2.45, 2.75) is 31.0 Å². The summed E-state index contributed by atoms with van der Waals surface area (Å²) in [5.74, 6) is -5.69. The van der Waals surface area contributed by atoms with Crippen molar-refractivity contribution in [1.82, 2.24) is 4.98 Å². The number of benzene rings is 2. The minimum atomic E-state index is -3.87. The van der Waals surface area contributed by atoms with Crippen LogP contribution < -0.4 is 0 Å². The fraction of sp³-hybridized carbons (Fsp3) is 0.231. The van der Waals surface area contributed by atoms with Gasteiger partial charge in [-0.05, 0) is 40.3 Å². The van der Waals surface area contributed by atoms with Gasteiger partial charge in [-0.15, -0.1) is 0 Å². The van der Waals surface area contributed by atoms with Crippen molar-refractivity contribution in [3.63, 3.8) is 0 Å². The number of carboxylic acids is 1. The molecule has 0 saturated carbocycles. The van der Waals surface area contributed by atoms with Crippen molar-refractivity contribution in [2.24, 2.45) is 5.92 Å². The summed E-state index contributed by atoms with van der Waals surface area (Å²) in [7, 11) is -3.87. The van der Waals surface area contributed by atoms with E-state index in [0.717, 1.165) is 30.3 Å². The number of aliphatic carboxylic acids is 1. The van der Waals surface area contributed by atoms with Crippen LogP contribution in [0.25, 0.3) is 11.3 Å². The Balaban J connectivity index is 2.40. The molecule has 0 aliphatic rings. The fourth-order valence-corrected chi connectivity index (χ4v) is 4.61. The normalized spacial score (nSPS) is 14.7. The number of hydrogen-bond donors (Lipinski definition) is 3. The molecule has 0 amide bonds. The van der Waals surface area contributed by atoms with E-state index >= 15 is 0 Å². The summed E-state index contributed by atoms with van der Waals surface area (Å²) in [4.78, 5) is 26.7. The fourth-order valence-electron chi connectivity index (χ4n) is 3.77. The Kier molecular flexibility index (Phi) is 8.32. The van der Waals surface area contributed by atoms with Crippen LogP contribution in [0.15, 0.2) is 48.5 Å². The second-order valence-corrected chi connectivity index (χ2v) is 9.84. The molecule has 0 aliphatic carbocycles. The molecule has 0 spiro atoms. The van der Waals surface area contributed by atoms with Crippen molar-refractivity contribution in [1.29, 1.82) is 0 Å². The third-order valence-electron chi connectivity index (χ3n) is 5.65. The zero-order valence-corrected chi connectivity index (χ0v) is 20.7. The molecule has 1 heterocycles. The molecule has 1 aromatic heterocycles. The predicted octanol–water partition coefficient (Wildman–Crippen LogP) is 5.09. The van der Waals surface area contributed by atoms with Crippen molar-refractivity contribution >= 4 is 14.0 Å². The summed E-state index contributed by atoms with van der Waals surface area (Å²) in [5, 5.41) is 19.0. The lowest BCUT2D eigenvalue weighted by molar-refractivity contribution is -0.146. The summed E-state index contributed by atoms with van der Waals surface area (Å²) in [6.07, 6.45) is -0.785. The van der Waals surface area contributed by atoms with Crippen LogP contribution in [0.3, 0.4) is 0 Å². The standard InChI is InChI=1S/C26H19F5NO5P/c1-14(2)10-11-26(24(33)34,38(36)37)25(35,13-15-6-8-16(27)9-7-15)20-5-3-4-19(32-20)21-22(30)17(28)12-18(29)23(21)31/h3-9,12,14,35H,13H2,1-2H3,(H-,33,34,36,37)/p+1. The molecule has 0 radical (unpaired) electrons. The summed E-state index contributed by atoms with van der Waals surface area (Å²) in [6, 6.07) is 7.26. The zero-order valence-electron chi connectivity index (χ0n) is 19.8. The highest BCUT2D eigenvalue weighted by molar-refractivity contribution is 7.42. The molecule has 12 heteroatoms. The van der Waals surface area contributed by atoms with Crippen molar-refractivity contribution in [2.75, 3.05) is 0 Å². The molecule has 0 fully saturated rings. The van der Waals surface area contributed by atoms with Crippen molar-refractivity contribution in [3.8, 4) is 23.1 Å². The Morgan fingerprint density at radius 2 is 1.61 bits per heavy atom. The van der Waals surface area contributed by atoms with E-state index in [1.54, 1.807) is 13.8 Å². The monoisotopic (exact) mass is 552 g/mol. The van der Waals surface area contributed by atoms with Gasteiger partial charge in [-0.25, -0.2) is 31.7 Å². The van der Waals surface area contributed by atoms with E-state index < -0.39 is 83.1 Å². The SMILES string of the molecule is CC(C)C#CC(C(=O)O)([P+](=O)O)C(O)(Cc1ccc(F)cc1)c1cccc(-c2c(F)c(F)cc(F)c2F)n1. The molecule has 3 aromatic rings. The maximum absolute atomic E-state index is 14.5. The first-order valence-electron chi connectivity index (χ1n) is 10.9. The van der Waals surface area contributed by atoms with Crippen molar-refractivity contribution in [3.05, 3.63) is 88.9 Å². The van der Waals surface area contributed by atoms with E-state index in [1.807, 2.05) is 0 Å². The number of pyridine rings is 1. The minimum absolute atomic E-state index is 0.0176. The third kappa shape index (κ3) is 5.16. The van der Waals surface area contributed by atoms with Crippen LogP contribution in [0.2, 0.25) is 0 Å². The van der Waals surface area contributed by atoms with Gasteiger partial charge >= 0.3 is 19.2 Å². The molecular weight excluding hydrogens is 532 g/mol. The van der Waals surface area contributed by atoms with Gasteiger partial charge in [0, 0.05) is 18.4 Å². The van der Waals surface area contributed by atoms with Gasteiger partial charge in [0.05, 0.1) is 17.0 Å². The molecule has 0 bridgehead atoms. The van der Waals surface area contributed by atoms with E-state index in [4.69, 9.17) is 0 Å². The van der Waals surface area contributed by atoms with E-state index in [9.17, 15) is 46.4 Å². The summed E-state index contributed by atoms with van der Waals surface area (Å²) < 4.78 is 83.0. The molecular formula is C26H20F5NO5P+. The summed E-state index contributed by atoms with van der Waals surface area (Å²) in [6.45, 7) is 3.10. The maximum Gasteiger partial charge on any atom is 0.541 e. The number of rotatable bonds is 7. The Morgan fingerprint density at radius 3 is 2.11 bits per heavy atom. The largest absolute Gasteiger partial charge is 0.541 e. The van der Waals surface area contributed by atoms with Crippen LogP contribution >= 0.6 is 8.03 Å². The average molecular weight is 552 g/mol. The van der Waals surface area contributed by atoms with Crippen LogP contribution in [0.1, 0.15) is 25.1 Å². The van der Waals surface area contributed by atoms with Crippen LogP contribution in [0, 0.1) is 46.8 Å². The minimum Gasteiger partial charge on any atom is -0.477 e. The molecule has 3 rings (SSSR count). The Hall–Kier alpha value is -3.71. The number of carbonyl (C=O) groups is 1. The molecule has 0 saturated heterocycles. The highest BCUT2D eigenvalue weighted by atomic mass is 31.1. The first-order valence-corrected chi connectivity index (χ1v) is 12.2. The smallest absolute Gasteiger partial charge is 0.477 e. The molecule has 6 nitrogen and oxygen atoms in total. The number of aromatic nitrogens is 1. The van der Waals surface area contributed by atoms with E-state index in [0.29, 0.717) is 0 Å². The highest BCUT2D eigenvalue weighted by Gasteiger charge is 2.72. The highest BCUT2D eigenvalue weighted by Crippen LogP contribution is 2.50. The number of nitrogens with zero attached hydrogens (tertiary/aromatic N) is 1. The lowest BCUT2D eigenvalue weighted by atomic mass is 9.78. The van der Waals surface area contributed by atoms with Crippen molar-refractivity contribution < 1.29 is 46.4 Å². The third-order valence-corrected chi connectivity index (χ3v) is 6.90. The second kappa shape index (κ2) is 11.0. The Bertz CT molecular complexity index is 1430. The van der Waals surface area contributed by atoms with Gasteiger partial charge in [0.25, 0.3) is 0 Å². The van der Waals surface area contributed by atoms with Gasteiger partial charge in [0.15, 0.2) is 28.9 Å². The lowest BCUT2D eigenvalue weighted by Gasteiger charge is -2.33. The molecule has 3 unspecified atom stereocenters. The molecule has 3 atom stereocenters.